The van der Waals surface area contributed by atoms with Gasteiger partial charge in [0, 0.05) is 21.5 Å². The van der Waals surface area contributed by atoms with Crippen LogP contribution in [0, 0.1) is 0 Å². The van der Waals surface area contributed by atoms with E-state index in [0.717, 1.165) is 55.0 Å². The van der Waals surface area contributed by atoms with E-state index in [-0.39, 0.29) is 0 Å². The number of benzene rings is 10. The Bertz CT molecular complexity index is 3430. The Labute approximate surface area is 310 Å². The van der Waals surface area contributed by atoms with E-state index >= 15 is 0 Å². The summed E-state index contributed by atoms with van der Waals surface area (Å²) in [5.74, 6) is 0. The van der Waals surface area contributed by atoms with E-state index in [1.54, 1.807) is 0 Å². The Balaban J connectivity index is 1.05. The highest BCUT2D eigenvalue weighted by Crippen LogP contribution is 2.46. The van der Waals surface area contributed by atoms with Crippen molar-refractivity contribution in [2.45, 2.75) is 0 Å². The number of para-hydroxylation sites is 1. The van der Waals surface area contributed by atoms with Gasteiger partial charge in [-0.2, -0.15) is 0 Å². The molecule has 0 spiro atoms. The molecule has 2 heteroatoms. The zero-order valence-corrected chi connectivity index (χ0v) is 29.1. The van der Waals surface area contributed by atoms with Crippen LogP contribution in [0.1, 0.15) is 0 Å². The maximum absolute atomic E-state index is 6.73. The lowest BCUT2D eigenvalue weighted by atomic mass is 9.85. The highest BCUT2D eigenvalue weighted by atomic mass is 16.4. The second kappa shape index (κ2) is 11.2. The number of hydrogen-bond donors (Lipinski definition) is 0. The van der Waals surface area contributed by atoms with Crippen molar-refractivity contribution in [2.24, 2.45) is 0 Å². The predicted molar refractivity (Wildman–Crippen MR) is 227 cm³/mol. The quantitative estimate of drug-likeness (QED) is 0.173. The van der Waals surface area contributed by atoms with Crippen LogP contribution in [0.5, 0.6) is 0 Å². The molecule has 0 bridgehead atoms. The van der Waals surface area contributed by atoms with E-state index < -0.39 is 0 Å². The molecule has 10 aromatic carbocycles. The molecule has 0 atom stereocenters. The first-order chi connectivity index (χ1) is 26.8. The lowest BCUT2D eigenvalue weighted by Crippen LogP contribution is -1.91. The number of fused-ring (bicyclic) bond motifs is 12. The zero-order chi connectivity index (χ0) is 35.3. The minimum atomic E-state index is 0.794. The Kier molecular flexibility index (Phi) is 6.09. The van der Waals surface area contributed by atoms with Crippen LogP contribution in [0.25, 0.3) is 120 Å². The van der Waals surface area contributed by atoms with Crippen LogP contribution in [-0.4, -0.2) is 0 Å². The lowest BCUT2D eigenvalue weighted by Gasteiger charge is -2.18. The third-order valence-electron chi connectivity index (χ3n) is 11.4. The highest BCUT2D eigenvalue weighted by molar-refractivity contribution is 6.27. The van der Waals surface area contributed by atoms with E-state index in [4.69, 9.17) is 8.83 Å². The number of furan rings is 2. The molecule has 0 saturated heterocycles. The molecule has 2 aromatic heterocycles. The fourth-order valence-electron chi connectivity index (χ4n) is 9.03. The summed E-state index contributed by atoms with van der Waals surface area (Å²) in [6, 6.07) is 65.7. The van der Waals surface area contributed by atoms with Crippen molar-refractivity contribution in [3.63, 3.8) is 0 Å². The van der Waals surface area contributed by atoms with E-state index in [1.807, 2.05) is 12.1 Å². The molecule has 2 heterocycles. The molecule has 0 saturated carbocycles. The molecule has 0 N–H and O–H groups in total. The van der Waals surface area contributed by atoms with Crippen LogP contribution in [0.2, 0.25) is 0 Å². The van der Waals surface area contributed by atoms with Gasteiger partial charge in [-0.1, -0.05) is 152 Å². The summed E-state index contributed by atoms with van der Waals surface area (Å²) in [6.45, 7) is 0. The second-order valence-electron chi connectivity index (χ2n) is 14.3. The fourth-order valence-corrected chi connectivity index (χ4v) is 9.03. The van der Waals surface area contributed by atoms with Crippen LogP contribution >= 0.6 is 0 Å². The largest absolute Gasteiger partial charge is 0.452 e. The van der Waals surface area contributed by atoms with Gasteiger partial charge in [0.25, 0.3) is 0 Å². The predicted octanol–water partition coefficient (Wildman–Crippen LogP) is 15.1. The second-order valence-corrected chi connectivity index (χ2v) is 14.3. The van der Waals surface area contributed by atoms with Crippen molar-refractivity contribution in [3.05, 3.63) is 182 Å². The molecule has 2 nitrogen and oxygen atoms in total. The molecule has 0 amide bonds. The summed E-state index contributed by atoms with van der Waals surface area (Å²) < 4.78 is 13.1. The molecule has 0 aliphatic rings. The van der Waals surface area contributed by atoms with Gasteiger partial charge >= 0.3 is 0 Å². The van der Waals surface area contributed by atoms with Crippen molar-refractivity contribution in [2.75, 3.05) is 0 Å². The summed E-state index contributed by atoms with van der Waals surface area (Å²) in [7, 11) is 0. The van der Waals surface area contributed by atoms with Crippen LogP contribution < -0.4 is 0 Å². The minimum Gasteiger partial charge on any atom is -0.452 e. The van der Waals surface area contributed by atoms with Crippen molar-refractivity contribution in [1.82, 2.24) is 0 Å². The van der Waals surface area contributed by atoms with Crippen LogP contribution in [0.3, 0.4) is 0 Å². The van der Waals surface area contributed by atoms with Crippen molar-refractivity contribution >= 4 is 87.0 Å². The monoisotopic (exact) mass is 686 g/mol. The van der Waals surface area contributed by atoms with Gasteiger partial charge in [-0.25, -0.2) is 0 Å². The average Bonchev–Trinajstić information content (AvgIpc) is 3.81. The van der Waals surface area contributed by atoms with Gasteiger partial charge in [-0.15, -0.1) is 0 Å². The third kappa shape index (κ3) is 4.17. The summed E-state index contributed by atoms with van der Waals surface area (Å²) >= 11 is 0. The molecule has 0 aliphatic carbocycles. The van der Waals surface area contributed by atoms with Gasteiger partial charge in [-0.05, 0) is 107 Å². The maximum Gasteiger partial charge on any atom is 0.178 e. The standard InChI is InChI=1S/C52H30O2/c1-2-12-34-29-35(26-21-31(34)11-1)49-41-18-7-5-16-39(41)48(40-17-6-8-19-42(40)49)33-24-22-32(23-25-33)45-30-47-50(38-15-4-3-13-36(38)45)44-28-27-43-37-14-9-10-20-46(37)53-51(43)52(44)54-47/h1-30H. The Morgan fingerprint density at radius 1 is 0.278 bits per heavy atom. The van der Waals surface area contributed by atoms with E-state index in [0.29, 0.717) is 0 Å². The highest BCUT2D eigenvalue weighted by Gasteiger charge is 2.20. The Morgan fingerprint density at radius 2 is 0.778 bits per heavy atom. The van der Waals surface area contributed by atoms with Gasteiger partial charge in [-0.3, -0.25) is 0 Å². The molecule has 12 rings (SSSR count). The van der Waals surface area contributed by atoms with Crippen LogP contribution in [0.4, 0.5) is 0 Å². The first-order valence-corrected chi connectivity index (χ1v) is 18.5. The normalized spacial score (nSPS) is 12.1. The molecule has 0 radical (unpaired) electrons. The molecule has 12 aromatic rings. The summed E-state index contributed by atoms with van der Waals surface area (Å²) in [5, 5.41) is 14.2. The van der Waals surface area contributed by atoms with Gasteiger partial charge in [0.15, 0.2) is 11.2 Å². The van der Waals surface area contributed by atoms with Gasteiger partial charge < -0.3 is 8.83 Å². The van der Waals surface area contributed by atoms with E-state index in [9.17, 15) is 0 Å². The first kappa shape index (κ1) is 29.4. The van der Waals surface area contributed by atoms with E-state index in [2.05, 4.69) is 170 Å². The molecule has 0 aliphatic heterocycles. The molecular formula is C52H30O2. The molecule has 0 unspecified atom stereocenters. The minimum absolute atomic E-state index is 0.794. The van der Waals surface area contributed by atoms with Crippen LogP contribution in [-0.2, 0) is 0 Å². The average molecular weight is 687 g/mol. The summed E-state index contributed by atoms with van der Waals surface area (Å²) in [5.41, 5.74) is 10.6. The van der Waals surface area contributed by atoms with Crippen molar-refractivity contribution in [3.8, 4) is 33.4 Å². The first-order valence-electron chi connectivity index (χ1n) is 18.5. The molecule has 0 fully saturated rings. The Hall–Kier alpha value is -7.16. The lowest BCUT2D eigenvalue weighted by molar-refractivity contribution is 0.633. The Morgan fingerprint density at radius 3 is 1.50 bits per heavy atom. The maximum atomic E-state index is 6.73. The van der Waals surface area contributed by atoms with Gasteiger partial charge in [0.05, 0.1) is 0 Å². The van der Waals surface area contributed by atoms with Gasteiger partial charge in [0.2, 0.25) is 0 Å². The topological polar surface area (TPSA) is 26.3 Å². The SMILES string of the molecule is c1ccc2cc(-c3c4ccccc4c(-c4ccc(-c5cc6oc7c(ccc8c9ccccc9oc87)c6c6ccccc56)cc4)c4ccccc34)ccc2c1. The number of rotatable bonds is 3. The van der Waals surface area contributed by atoms with Crippen molar-refractivity contribution in [1.29, 1.82) is 0 Å². The third-order valence-corrected chi connectivity index (χ3v) is 11.4. The molecule has 54 heavy (non-hydrogen) atoms. The van der Waals surface area contributed by atoms with Crippen LogP contribution in [0.15, 0.2) is 191 Å². The fraction of sp³-hybridized carbons (Fsp3) is 0. The number of hydrogen-bond acceptors (Lipinski definition) is 2. The molecule has 250 valence electrons. The summed E-state index contributed by atoms with van der Waals surface area (Å²) in [6.07, 6.45) is 0. The zero-order valence-electron chi connectivity index (χ0n) is 29.1. The summed E-state index contributed by atoms with van der Waals surface area (Å²) in [4.78, 5) is 0. The van der Waals surface area contributed by atoms with E-state index in [1.165, 1.54) is 65.3 Å². The molecular weight excluding hydrogens is 657 g/mol. The van der Waals surface area contributed by atoms with Gasteiger partial charge in [0.1, 0.15) is 11.2 Å². The smallest absolute Gasteiger partial charge is 0.178 e. The van der Waals surface area contributed by atoms with Crippen molar-refractivity contribution < 1.29 is 8.83 Å².